The van der Waals surface area contributed by atoms with Gasteiger partial charge in [-0.3, -0.25) is 4.79 Å². The van der Waals surface area contributed by atoms with E-state index in [1.165, 1.54) is 0 Å². The molecule has 1 saturated heterocycles. The molecule has 4 heteroatoms. The minimum atomic E-state index is 0.182. The topological polar surface area (TPSA) is 32.3 Å². The molecule has 0 atom stereocenters. The molecule has 110 valence electrons. The highest BCUT2D eigenvalue weighted by Crippen LogP contribution is 2.27. The molecule has 1 aromatic rings. The summed E-state index contributed by atoms with van der Waals surface area (Å²) >= 11 is 1.79. The van der Waals surface area contributed by atoms with E-state index in [0.717, 1.165) is 48.0 Å². The van der Waals surface area contributed by atoms with Crippen LogP contribution in [0.3, 0.4) is 0 Å². The van der Waals surface area contributed by atoms with Gasteiger partial charge in [0.25, 0.3) is 5.91 Å². The van der Waals surface area contributed by atoms with Gasteiger partial charge in [0.1, 0.15) is 0 Å². The second-order valence-corrected chi connectivity index (χ2v) is 6.81. The van der Waals surface area contributed by atoms with Crippen LogP contribution in [0.4, 0.5) is 0 Å². The molecule has 2 rings (SSSR count). The van der Waals surface area contributed by atoms with Crippen LogP contribution < -0.4 is 5.32 Å². The number of hydrogen-bond donors (Lipinski definition) is 1. The van der Waals surface area contributed by atoms with Crippen molar-refractivity contribution in [1.82, 2.24) is 10.2 Å². The number of nitrogens with one attached hydrogen (secondary N) is 1. The smallest absolute Gasteiger partial charge is 0.255 e. The largest absolute Gasteiger partial charge is 0.336 e. The lowest BCUT2D eigenvalue weighted by Crippen LogP contribution is -2.46. The highest BCUT2D eigenvalue weighted by molar-refractivity contribution is 7.99. The van der Waals surface area contributed by atoms with Gasteiger partial charge in [0, 0.05) is 36.8 Å². The molecule has 20 heavy (non-hydrogen) atoms. The third-order valence-corrected chi connectivity index (χ3v) is 4.84. The highest BCUT2D eigenvalue weighted by Gasteiger charge is 2.20. The maximum atomic E-state index is 12.7. The quantitative estimate of drug-likeness (QED) is 0.866. The number of carbonyl (C=O) groups excluding carboxylic acids is 1. The number of nitrogens with zero attached hydrogens (tertiary/aromatic N) is 1. The first kappa shape index (κ1) is 15.4. The first-order chi connectivity index (χ1) is 9.58. The zero-order chi connectivity index (χ0) is 14.5. The van der Waals surface area contributed by atoms with E-state index in [-0.39, 0.29) is 5.91 Å². The molecule has 1 aromatic carbocycles. The lowest BCUT2D eigenvalue weighted by atomic mass is 10.1. The van der Waals surface area contributed by atoms with E-state index < -0.39 is 0 Å². The Morgan fingerprint density at radius 2 is 2.05 bits per heavy atom. The minimum absolute atomic E-state index is 0.182. The summed E-state index contributed by atoms with van der Waals surface area (Å²) in [5.41, 5.74) is 2.02. The first-order valence-corrected chi connectivity index (χ1v) is 8.30. The van der Waals surface area contributed by atoms with Crippen molar-refractivity contribution < 1.29 is 4.79 Å². The van der Waals surface area contributed by atoms with Gasteiger partial charge in [-0.15, -0.1) is 11.8 Å². The summed E-state index contributed by atoms with van der Waals surface area (Å²) in [7, 11) is 0. The van der Waals surface area contributed by atoms with Crippen molar-refractivity contribution in [2.24, 2.45) is 5.92 Å². The fourth-order valence-corrected chi connectivity index (χ4v) is 3.21. The van der Waals surface area contributed by atoms with Crippen molar-refractivity contribution in [2.45, 2.75) is 25.7 Å². The van der Waals surface area contributed by atoms with E-state index in [2.05, 4.69) is 31.3 Å². The number of aryl methyl sites for hydroxylation is 1. The molecule has 0 radical (unpaired) electrons. The summed E-state index contributed by atoms with van der Waals surface area (Å²) in [6.07, 6.45) is 0. The number of piperazine rings is 1. The van der Waals surface area contributed by atoms with Crippen LogP contribution in [0.1, 0.15) is 29.8 Å². The molecule has 0 aliphatic carbocycles. The summed E-state index contributed by atoms with van der Waals surface area (Å²) in [6.45, 7) is 9.86. The van der Waals surface area contributed by atoms with Crippen LogP contribution in [-0.4, -0.2) is 42.7 Å². The molecule has 1 N–H and O–H groups in total. The molecular formula is C16H24N2OS. The number of amides is 1. The fraction of sp³-hybridized carbons (Fsp3) is 0.562. The fourth-order valence-electron chi connectivity index (χ4n) is 2.23. The van der Waals surface area contributed by atoms with Crippen molar-refractivity contribution in [1.29, 1.82) is 0 Å². The van der Waals surface area contributed by atoms with E-state index in [0.29, 0.717) is 5.92 Å². The maximum Gasteiger partial charge on any atom is 0.255 e. The van der Waals surface area contributed by atoms with E-state index in [1.807, 2.05) is 17.9 Å². The Labute approximate surface area is 126 Å². The molecule has 3 nitrogen and oxygen atoms in total. The van der Waals surface area contributed by atoms with Crippen molar-refractivity contribution in [3.8, 4) is 0 Å². The van der Waals surface area contributed by atoms with E-state index in [9.17, 15) is 4.79 Å². The van der Waals surface area contributed by atoms with Crippen LogP contribution in [-0.2, 0) is 0 Å². The van der Waals surface area contributed by atoms with Crippen LogP contribution in [0.15, 0.2) is 23.1 Å². The summed E-state index contributed by atoms with van der Waals surface area (Å²) in [5.74, 6) is 1.86. The number of thioether (sulfide) groups is 1. The molecule has 1 heterocycles. The third kappa shape index (κ3) is 4.00. The second kappa shape index (κ2) is 7.14. The lowest BCUT2D eigenvalue weighted by molar-refractivity contribution is 0.0732. The van der Waals surface area contributed by atoms with Crippen LogP contribution in [0, 0.1) is 12.8 Å². The third-order valence-electron chi connectivity index (χ3n) is 3.34. The zero-order valence-electron chi connectivity index (χ0n) is 12.6. The second-order valence-electron chi connectivity index (χ2n) is 5.75. The number of carbonyl (C=O) groups is 1. The Bertz CT molecular complexity index is 468. The van der Waals surface area contributed by atoms with Crippen LogP contribution >= 0.6 is 11.8 Å². The van der Waals surface area contributed by atoms with Gasteiger partial charge >= 0.3 is 0 Å². The average Bonchev–Trinajstić information content (AvgIpc) is 2.46. The van der Waals surface area contributed by atoms with Gasteiger partial charge in [0.15, 0.2) is 0 Å². The predicted octanol–water partition coefficient (Wildman–Crippen LogP) is 2.79. The molecular weight excluding hydrogens is 268 g/mol. The Balaban J connectivity index is 2.19. The normalized spacial score (nSPS) is 15.7. The average molecular weight is 292 g/mol. The Morgan fingerprint density at radius 3 is 2.70 bits per heavy atom. The SMILES string of the molecule is Cc1ccc(SCC(C)C)c(C(=O)N2CCNCC2)c1. The van der Waals surface area contributed by atoms with Crippen LogP contribution in [0.25, 0.3) is 0 Å². The number of benzene rings is 1. The first-order valence-electron chi connectivity index (χ1n) is 7.31. The van der Waals surface area contributed by atoms with E-state index in [1.54, 1.807) is 11.8 Å². The standard InChI is InChI=1S/C16H24N2OS/c1-12(2)11-20-15-5-4-13(3)10-14(15)16(19)18-8-6-17-7-9-18/h4-5,10,12,17H,6-9,11H2,1-3H3. The summed E-state index contributed by atoms with van der Waals surface area (Å²) in [4.78, 5) is 15.8. The molecule has 1 aliphatic heterocycles. The van der Waals surface area contributed by atoms with Crippen molar-refractivity contribution in [2.75, 3.05) is 31.9 Å². The molecule has 0 saturated carbocycles. The van der Waals surface area contributed by atoms with E-state index >= 15 is 0 Å². The van der Waals surface area contributed by atoms with Crippen molar-refractivity contribution in [3.05, 3.63) is 29.3 Å². The molecule has 1 amide bonds. The van der Waals surface area contributed by atoms with Gasteiger partial charge < -0.3 is 10.2 Å². The Morgan fingerprint density at radius 1 is 1.35 bits per heavy atom. The van der Waals surface area contributed by atoms with Crippen molar-refractivity contribution >= 4 is 17.7 Å². The van der Waals surface area contributed by atoms with Gasteiger partial charge in [0.05, 0.1) is 5.56 Å². The number of hydrogen-bond acceptors (Lipinski definition) is 3. The number of rotatable bonds is 4. The molecule has 0 spiro atoms. The predicted molar refractivity (Wildman–Crippen MR) is 85.5 cm³/mol. The highest BCUT2D eigenvalue weighted by atomic mass is 32.2. The molecule has 1 fully saturated rings. The van der Waals surface area contributed by atoms with Gasteiger partial charge in [0.2, 0.25) is 0 Å². The molecule has 0 bridgehead atoms. The van der Waals surface area contributed by atoms with Gasteiger partial charge in [-0.25, -0.2) is 0 Å². The van der Waals surface area contributed by atoms with Crippen molar-refractivity contribution in [3.63, 3.8) is 0 Å². The van der Waals surface area contributed by atoms with E-state index in [4.69, 9.17) is 0 Å². The van der Waals surface area contributed by atoms with Gasteiger partial charge in [-0.1, -0.05) is 25.5 Å². The molecule has 0 unspecified atom stereocenters. The maximum absolute atomic E-state index is 12.7. The van der Waals surface area contributed by atoms with Crippen LogP contribution in [0.2, 0.25) is 0 Å². The summed E-state index contributed by atoms with van der Waals surface area (Å²) in [5, 5.41) is 3.29. The minimum Gasteiger partial charge on any atom is -0.336 e. The Hall–Kier alpha value is -1.00. The summed E-state index contributed by atoms with van der Waals surface area (Å²) in [6, 6.07) is 6.22. The Kier molecular flexibility index (Phi) is 5.49. The zero-order valence-corrected chi connectivity index (χ0v) is 13.4. The summed E-state index contributed by atoms with van der Waals surface area (Å²) < 4.78 is 0. The van der Waals surface area contributed by atoms with Crippen LogP contribution in [0.5, 0.6) is 0 Å². The lowest BCUT2D eigenvalue weighted by Gasteiger charge is -2.28. The molecule has 1 aliphatic rings. The monoisotopic (exact) mass is 292 g/mol. The molecule has 0 aromatic heterocycles. The van der Waals surface area contributed by atoms with Gasteiger partial charge in [-0.2, -0.15) is 0 Å². The van der Waals surface area contributed by atoms with Gasteiger partial charge in [-0.05, 0) is 25.0 Å².